The predicted octanol–water partition coefficient (Wildman–Crippen LogP) is 2.38. The average molecular weight is 263 g/mol. The Morgan fingerprint density at radius 1 is 1.37 bits per heavy atom. The fourth-order valence-corrected chi connectivity index (χ4v) is 2.55. The molecule has 0 saturated carbocycles. The third kappa shape index (κ3) is 3.83. The Labute approximate surface area is 116 Å². The normalized spacial score (nSPS) is 13.8. The van der Waals surface area contributed by atoms with Crippen LogP contribution in [-0.4, -0.2) is 32.2 Å². The van der Waals surface area contributed by atoms with Gasteiger partial charge < -0.3 is 15.4 Å². The van der Waals surface area contributed by atoms with Gasteiger partial charge in [0.2, 0.25) is 0 Å². The standard InChI is InChI=1S/C15H25N3O/c1-16-9-5-3-4-7-12-11-14(19-2)13-8-6-10-17-15(13)18-12/h11,16H,3-10H2,1-2H3,(H,17,18). The summed E-state index contributed by atoms with van der Waals surface area (Å²) in [5.74, 6) is 2.04. The summed E-state index contributed by atoms with van der Waals surface area (Å²) in [5, 5.41) is 6.57. The number of fused-ring (bicyclic) bond motifs is 1. The zero-order valence-electron chi connectivity index (χ0n) is 12.1. The van der Waals surface area contributed by atoms with E-state index in [1.54, 1.807) is 7.11 Å². The molecule has 4 heteroatoms. The maximum absolute atomic E-state index is 5.51. The molecule has 0 fully saturated rings. The van der Waals surface area contributed by atoms with Crippen molar-refractivity contribution in [2.24, 2.45) is 0 Å². The highest BCUT2D eigenvalue weighted by Crippen LogP contribution is 2.30. The van der Waals surface area contributed by atoms with Crippen LogP contribution in [0.2, 0.25) is 0 Å². The summed E-state index contributed by atoms with van der Waals surface area (Å²) in [6.45, 7) is 2.12. The molecule has 1 aliphatic rings. The summed E-state index contributed by atoms with van der Waals surface area (Å²) in [6.07, 6.45) is 6.94. The Bertz CT molecular complexity index is 389. The summed E-state index contributed by atoms with van der Waals surface area (Å²) >= 11 is 0. The van der Waals surface area contributed by atoms with E-state index in [2.05, 4.69) is 16.7 Å². The molecular weight excluding hydrogens is 238 g/mol. The molecule has 1 aliphatic heterocycles. The molecule has 19 heavy (non-hydrogen) atoms. The van der Waals surface area contributed by atoms with Crippen LogP contribution in [0.5, 0.6) is 5.75 Å². The Morgan fingerprint density at radius 2 is 2.26 bits per heavy atom. The Morgan fingerprint density at radius 3 is 3.05 bits per heavy atom. The largest absolute Gasteiger partial charge is 0.496 e. The number of anilines is 1. The molecule has 0 aromatic carbocycles. The summed E-state index contributed by atoms with van der Waals surface area (Å²) in [4.78, 5) is 4.73. The van der Waals surface area contributed by atoms with E-state index in [4.69, 9.17) is 9.72 Å². The summed E-state index contributed by atoms with van der Waals surface area (Å²) in [6, 6.07) is 2.11. The number of nitrogens with zero attached hydrogens (tertiary/aromatic N) is 1. The number of nitrogens with one attached hydrogen (secondary N) is 2. The van der Waals surface area contributed by atoms with Crippen molar-refractivity contribution in [1.82, 2.24) is 10.3 Å². The van der Waals surface area contributed by atoms with Crippen molar-refractivity contribution in [3.63, 3.8) is 0 Å². The monoisotopic (exact) mass is 263 g/mol. The molecule has 2 N–H and O–H groups in total. The van der Waals surface area contributed by atoms with E-state index < -0.39 is 0 Å². The maximum atomic E-state index is 5.51. The van der Waals surface area contributed by atoms with Crippen molar-refractivity contribution in [3.05, 3.63) is 17.3 Å². The van der Waals surface area contributed by atoms with Gasteiger partial charge in [-0.3, -0.25) is 0 Å². The third-order valence-electron chi connectivity index (χ3n) is 3.61. The molecule has 0 unspecified atom stereocenters. The second-order valence-electron chi connectivity index (χ2n) is 5.09. The highest BCUT2D eigenvalue weighted by molar-refractivity contribution is 5.54. The predicted molar refractivity (Wildman–Crippen MR) is 79.1 cm³/mol. The first kappa shape index (κ1) is 14.1. The molecule has 0 atom stereocenters. The SMILES string of the molecule is CNCCCCCc1cc(OC)c2c(n1)NCCC2. The van der Waals surface area contributed by atoms with Gasteiger partial charge in [-0.2, -0.15) is 0 Å². The van der Waals surface area contributed by atoms with Crippen LogP contribution in [-0.2, 0) is 12.8 Å². The zero-order valence-corrected chi connectivity index (χ0v) is 12.1. The fourth-order valence-electron chi connectivity index (χ4n) is 2.55. The zero-order chi connectivity index (χ0) is 13.5. The van der Waals surface area contributed by atoms with Crippen molar-refractivity contribution in [1.29, 1.82) is 0 Å². The molecule has 1 aromatic rings. The Hall–Kier alpha value is -1.29. The highest BCUT2D eigenvalue weighted by atomic mass is 16.5. The van der Waals surface area contributed by atoms with Crippen LogP contribution in [0.4, 0.5) is 5.82 Å². The van der Waals surface area contributed by atoms with Crippen molar-refractivity contribution in [3.8, 4) is 5.75 Å². The Balaban J connectivity index is 1.97. The second-order valence-corrected chi connectivity index (χ2v) is 5.09. The van der Waals surface area contributed by atoms with E-state index >= 15 is 0 Å². The van der Waals surface area contributed by atoms with E-state index in [0.717, 1.165) is 49.6 Å². The first-order valence-electron chi connectivity index (χ1n) is 7.30. The molecule has 0 amide bonds. The van der Waals surface area contributed by atoms with Crippen LogP contribution < -0.4 is 15.4 Å². The summed E-state index contributed by atoms with van der Waals surface area (Å²) in [5.41, 5.74) is 2.39. The molecule has 0 spiro atoms. The van der Waals surface area contributed by atoms with Crippen LogP contribution in [0.1, 0.15) is 36.9 Å². The van der Waals surface area contributed by atoms with Crippen LogP contribution in [0.15, 0.2) is 6.07 Å². The lowest BCUT2D eigenvalue weighted by Gasteiger charge is -2.20. The molecule has 0 saturated heterocycles. The molecule has 2 rings (SSSR count). The van der Waals surface area contributed by atoms with Gasteiger partial charge in [-0.25, -0.2) is 4.98 Å². The van der Waals surface area contributed by atoms with Crippen molar-refractivity contribution >= 4 is 5.82 Å². The van der Waals surface area contributed by atoms with Crippen molar-refractivity contribution in [2.75, 3.05) is 32.6 Å². The van der Waals surface area contributed by atoms with Crippen LogP contribution in [0, 0.1) is 0 Å². The Kier molecular flexibility index (Phi) is 5.45. The van der Waals surface area contributed by atoms with E-state index in [0.29, 0.717) is 0 Å². The lowest BCUT2D eigenvalue weighted by atomic mass is 10.0. The number of pyridine rings is 1. The molecule has 0 aliphatic carbocycles. The minimum Gasteiger partial charge on any atom is -0.496 e. The van der Waals surface area contributed by atoms with Crippen LogP contribution in [0.25, 0.3) is 0 Å². The maximum Gasteiger partial charge on any atom is 0.133 e. The van der Waals surface area contributed by atoms with Gasteiger partial charge in [0, 0.05) is 23.9 Å². The number of methoxy groups -OCH3 is 1. The van der Waals surface area contributed by atoms with Gasteiger partial charge in [-0.1, -0.05) is 6.42 Å². The average Bonchev–Trinajstić information content (AvgIpc) is 2.46. The smallest absolute Gasteiger partial charge is 0.133 e. The summed E-state index contributed by atoms with van der Waals surface area (Å²) < 4.78 is 5.51. The van der Waals surface area contributed by atoms with Gasteiger partial charge in [0.15, 0.2) is 0 Å². The van der Waals surface area contributed by atoms with Crippen molar-refractivity contribution < 1.29 is 4.74 Å². The first-order chi connectivity index (χ1) is 9.35. The second kappa shape index (κ2) is 7.34. The lowest BCUT2D eigenvalue weighted by Crippen LogP contribution is -2.15. The number of aryl methyl sites for hydroxylation is 1. The number of unbranched alkanes of at least 4 members (excludes halogenated alkanes) is 2. The fraction of sp³-hybridized carbons (Fsp3) is 0.667. The topological polar surface area (TPSA) is 46.2 Å². The van der Waals surface area contributed by atoms with Gasteiger partial charge in [0.25, 0.3) is 0 Å². The molecule has 2 heterocycles. The molecular formula is C15H25N3O. The third-order valence-corrected chi connectivity index (χ3v) is 3.61. The van der Waals surface area contributed by atoms with Gasteiger partial charge in [0.05, 0.1) is 7.11 Å². The number of ether oxygens (including phenoxy) is 1. The number of hydrogen-bond donors (Lipinski definition) is 2. The minimum absolute atomic E-state index is 1.00. The quantitative estimate of drug-likeness (QED) is 0.742. The lowest BCUT2D eigenvalue weighted by molar-refractivity contribution is 0.407. The number of rotatable bonds is 7. The van der Waals surface area contributed by atoms with E-state index in [1.807, 2.05) is 7.05 Å². The first-order valence-corrected chi connectivity index (χ1v) is 7.30. The van der Waals surface area contributed by atoms with E-state index in [1.165, 1.54) is 24.8 Å². The minimum atomic E-state index is 1.00. The molecule has 106 valence electrons. The van der Waals surface area contributed by atoms with Crippen LogP contribution >= 0.6 is 0 Å². The molecule has 0 radical (unpaired) electrons. The molecule has 1 aromatic heterocycles. The van der Waals surface area contributed by atoms with Gasteiger partial charge in [0.1, 0.15) is 11.6 Å². The van der Waals surface area contributed by atoms with E-state index in [9.17, 15) is 0 Å². The van der Waals surface area contributed by atoms with Crippen molar-refractivity contribution in [2.45, 2.75) is 38.5 Å². The van der Waals surface area contributed by atoms with Gasteiger partial charge >= 0.3 is 0 Å². The molecule has 0 bridgehead atoms. The van der Waals surface area contributed by atoms with Gasteiger partial charge in [-0.15, -0.1) is 0 Å². The van der Waals surface area contributed by atoms with E-state index in [-0.39, 0.29) is 0 Å². The summed E-state index contributed by atoms with van der Waals surface area (Å²) in [7, 11) is 3.75. The van der Waals surface area contributed by atoms with Crippen LogP contribution in [0.3, 0.4) is 0 Å². The highest BCUT2D eigenvalue weighted by Gasteiger charge is 2.16. The molecule has 4 nitrogen and oxygen atoms in total. The number of aromatic nitrogens is 1. The number of hydrogen-bond acceptors (Lipinski definition) is 4. The van der Waals surface area contributed by atoms with Gasteiger partial charge in [-0.05, 0) is 45.7 Å².